The first-order valence-electron chi connectivity index (χ1n) is 5.64. The van der Waals surface area contributed by atoms with Crippen molar-refractivity contribution in [1.82, 2.24) is 15.3 Å². The van der Waals surface area contributed by atoms with Crippen molar-refractivity contribution in [3.05, 3.63) is 53.1 Å². The standard InChI is InChI=1S/C13H15N3/c1-9-7-15-13(16-9)12-6-10-4-2-3-5-11(10)8-14-12/h2-5,7,12,14H,6,8H2,1H3,(H,15,16). The number of imidazole rings is 1. The summed E-state index contributed by atoms with van der Waals surface area (Å²) in [5.74, 6) is 1.05. The van der Waals surface area contributed by atoms with Gasteiger partial charge in [0.1, 0.15) is 5.82 Å². The van der Waals surface area contributed by atoms with E-state index in [-0.39, 0.29) is 0 Å². The molecule has 0 amide bonds. The summed E-state index contributed by atoms with van der Waals surface area (Å²) in [5.41, 5.74) is 3.96. The van der Waals surface area contributed by atoms with Gasteiger partial charge in [0, 0.05) is 18.4 Å². The number of nitrogens with zero attached hydrogens (tertiary/aromatic N) is 1. The minimum atomic E-state index is 0.323. The summed E-state index contributed by atoms with van der Waals surface area (Å²) in [4.78, 5) is 7.70. The Balaban J connectivity index is 1.88. The first-order valence-corrected chi connectivity index (χ1v) is 5.64. The van der Waals surface area contributed by atoms with Gasteiger partial charge in [0.05, 0.1) is 6.04 Å². The molecule has 3 heteroatoms. The maximum absolute atomic E-state index is 4.39. The van der Waals surface area contributed by atoms with Crippen LogP contribution in [0.5, 0.6) is 0 Å². The SMILES string of the molecule is Cc1cnc(C2Cc3ccccc3CN2)[nH]1. The summed E-state index contributed by atoms with van der Waals surface area (Å²) in [6.07, 6.45) is 2.90. The molecule has 0 saturated heterocycles. The molecule has 2 heterocycles. The molecule has 82 valence electrons. The van der Waals surface area contributed by atoms with Gasteiger partial charge in [0.25, 0.3) is 0 Å². The Morgan fingerprint density at radius 3 is 2.81 bits per heavy atom. The van der Waals surface area contributed by atoms with Crippen molar-refractivity contribution < 1.29 is 0 Å². The molecule has 1 atom stereocenters. The largest absolute Gasteiger partial charge is 0.345 e. The van der Waals surface area contributed by atoms with E-state index in [1.165, 1.54) is 11.1 Å². The van der Waals surface area contributed by atoms with Crippen LogP contribution in [-0.4, -0.2) is 9.97 Å². The Hall–Kier alpha value is -1.61. The highest BCUT2D eigenvalue weighted by molar-refractivity contribution is 5.30. The molecule has 0 aliphatic carbocycles. The first kappa shape index (κ1) is 9.60. The van der Waals surface area contributed by atoms with Gasteiger partial charge >= 0.3 is 0 Å². The predicted molar refractivity (Wildman–Crippen MR) is 63.1 cm³/mol. The van der Waals surface area contributed by atoms with Crippen LogP contribution < -0.4 is 5.32 Å². The van der Waals surface area contributed by atoms with Gasteiger partial charge in [-0.1, -0.05) is 24.3 Å². The molecule has 0 bridgehead atoms. The van der Waals surface area contributed by atoms with Gasteiger partial charge < -0.3 is 10.3 Å². The lowest BCUT2D eigenvalue weighted by molar-refractivity contribution is 0.479. The molecule has 3 rings (SSSR count). The first-order chi connectivity index (χ1) is 7.83. The topological polar surface area (TPSA) is 40.7 Å². The van der Waals surface area contributed by atoms with Crippen molar-refractivity contribution >= 4 is 0 Å². The number of aromatic amines is 1. The lowest BCUT2D eigenvalue weighted by atomic mass is 9.96. The Morgan fingerprint density at radius 2 is 2.06 bits per heavy atom. The Labute approximate surface area is 94.9 Å². The summed E-state index contributed by atoms with van der Waals surface area (Å²) >= 11 is 0. The highest BCUT2D eigenvalue weighted by Crippen LogP contribution is 2.23. The molecule has 0 saturated carbocycles. The molecule has 2 aromatic rings. The monoisotopic (exact) mass is 213 g/mol. The van der Waals surface area contributed by atoms with Crippen LogP contribution in [0.3, 0.4) is 0 Å². The highest BCUT2D eigenvalue weighted by Gasteiger charge is 2.20. The fourth-order valence-corrected chi connectivity index (χ4v) is 2.26. The van der Waals surface area contributed by atoms with Crippen LogP contribution in [-0.2, 0) is 13.0 Å². The third-order valence-electron chi connectivity index (χ3n) is 3.13. The van der Waals surface area contributed by atoms with Crippen molar-refractivity contribution in [2.24, 2.45) is 0 Å². The summed E-state index contributed by atoms with van der Waals surface area (Å²) in [5, 5.41) is 3.51. The molecule has 1 aliphatic rings. The number of fused-ring (bicyclic) bond motifs is 1. The zero-order valence-corrected chi connectivity index (χ0v) is 9.33. The fraction of sp³-hybridized carbons (Fsp3) is 0.308. The quantitative estimate of drug-likeness (QED) is 0.761. The second kappa shape index (κ2) is 3.76. The van der Waals surface area contributed by atoms with Gasteiger partial charge in [-0.25, -0.2) is 4.98 Å². The van der Waals surface area contributed by atoms with Crippen LogP contribution >= 0.6 is 0 Å². The second-order valence-electron chi connectivity index (χ2n) is 4.36. The number of aromatic nitrogens is 2. The number of rotatable bonds is 1. The van der Waals surface area contributed by atoms with Crippen LogP contribution in [0.1, 0.15) is 28.7 Å². The molecule has 16 heavy (non-hydrogen) atoms. The number of nitrogens with one attached hydrogen (secondary N) is 2. The molecule has 2 N–H and O–H groups in total. The lowest BCUT2D eigenvalue weighted by Gasteiger charge is -2.24. The number of aryl methyl sites for hydroxylation is 1. The zero-order valence-electron chi connectivity index (χ0n) is 9.33. The van der Waals surface area contributed by atoms with E-state index in [0.29, 0.717) is 6.04 Å². The van der Waals surface area contributed by atoms with Crippen LogP contribution in [0.25, 0.3) is 0 Å². The average Bonchev–Trinajstić information content (AvgIpc) is 2.75. The van der Waals surface area contributed by atoms with E-state index in [9.17, 15) is 0 Å². The van der Waals surface area contributed by atoms with E-state index in [2.05, 4.69) is 39.6 Å². The van der Waals surface area contributed by atoms with Gasteiger partial charge in [0.15, 0.2) is 0 Å². The molecule has 1 aliphatic heterocycles. The van der Waals surface area contributed by atoms with Gasteiger partial charge in [-0.15, -0.1) is 0 Å². The number of H-pyrrole nitrogens is 1. The van der Waals surface area contributed by atoms with E-state index < -0.39 is 0 Å². The summed E-state index contributed by atoms with van der Waals surface area (Å²) in [6.45, 7) is 2.97. The molecule has 3 nitrogen and oxygen atoms in total. The van der Waals surface area contributed by atoms with E-state index in [1.807, 2.05) is 13.1 Å². The number of hydrogen-bond donors (Lipinski definition) is 2. The Morgan fingerprint density at radius 1 is 1.25 bits per heavy atom. The third kappa shape index (κ3) is 1.63. The highest BCUT2D eigenvalue weighted by atomic mass is 15.0. The molecule has 1 aromatic carbocycles. The molecule has 0 fully saturated rings. The summed E-state index contributed by atoms with van der Waals surface area (Å²) in [6, 6.07) is 8.92. The molecular weight excluding hydrogens is 198 g/mol. The van der Waals surface area contributed by atoms with Crippen molar-refractivity contribution in [2.45, 2.75) is 25.9 Å². The summed E-state index contributed by atoms with van der Waals surface area (Å²) in [7, 11) is 0. The van der Waals surface area contributed by atoms with Gasteiger partial charge in [-0.05, 0) is 24.5 Å². The van der Waals surface area contributed by atoms with Crippen molar-refractivity contribution in [2.75, 3.05) is 0 Å². The maximum Gasteiger partial charge on any atom is 0.123 e. The van der Waals surface area contributed by atoms with E-state index in [1.54, 1.807) is 0 Å². The molecular formula is C13H15N3. The smallest absolute Gasteiger partial charge is 0.123 e. The second-order valence-corrected chi connectivity index (χ2v) is 4.36. The normalized spacial score (nSPS) is 19.4. The molecule has 0 spiro atoms. The number of hydrogen-bond acceptors (Lipinski definition) is 2. The van der Waals surface area contributed by atoms with Crippen molar-refractivity contribution in [3.63, 3.8) is 0 Å². The van der Waals surface area contributed by atoms with E-state index >= 15 is 0 Å². The van der Waals surface area contributed by atoms with Gasteiger partial charge in [-0.3, -0.25) is 0 Å². The Bertz CT molecular complexity index is 501. The molecule has 1 aromatic heterocycles. The number of benzene rings is 1. The predicted octanol–water partition coefficient (Wildman–Crippen LogP) is 2.11. The van der Waals surface area contributed by atoms with Crippen molar-refractivity contribution in [3.8, 4) is 0 Å². The summed E-state index contributed by atoms with van der Waals surface area (Å²) < 4.78 is 0. The minimum Gasteiger partial charge on any atom is -0.345 e. The third-order valence-corrected chi connectivity index (χ3v) is 3.13. The van der Waals surface area contributed by atoms with Crippen LogP contribution in [0.2, 0.25) is 0 Å². The zero-order chi connectivity index (χ0) is 11.0. The molecule has 0 radical (unpaired) electrons. The van der Waals surface area contributed by atoms with E-state index in [0.717, 1.165) is 24.5 Å². The van der Waals surface area contributed by atoms with Gasteiger partial charge in [0.2, 0.25) is 0 Å². The van der Waals surface area contributed by atoms with Crippen LogP contribution in [0.4, 0.5) is 0 Å². The van der Waals surface area contributed by atoms with Gasteiger partial charge in [-0.2, -0.15) is 0 Å². The molecule has 1 unspecified atom stereocenters. The van der Waals surface area contributed by atoms with Crippen molar-refractivity contribution in [1.29, 1.82) is 0 Å². The average molecular weight is 213 g/mol. The Kier molecular flexibility index (Phi) is 2.26. The minimum absolute atomic E-state index is 0.323. The van der Waals surface area contributed by atoms with Crippen LogP contribution in [0.15, 0.2) is 30.5 Å². The van der Waals surface area contributed by atoms with Crippen LogP contribution in [0, 0.1) is 6.92 Å². The maximum atomic E-state index is 4.39. The fourth-order valence-electron chi connectivity index (χ4n) is 2.26. The van der Waals surface area contributed by atoms with E-state index in [4.69, 9.17) is 0 Å². The lowest BCUT2D eigenvalue weighted by Crippen LogP contribution is -2.29.